The summed E-state index contributed by atoms with van der Waals surface area (Å²) in [6.07, 6.45) is 0.267. The molecule has 7 nitrogen and oxygen atoms in total. The first kappa shape index (κ1) is 20.6. The van der Waals surface area contributed by atoms with Gasteiger partial charge in [-0.2, -0.15) is 0 Å². The van der Waals surface area contributed by atoms with Crippen LogP contribution in [0.4, 0.5) is 11.4 Å². The van der Waals surface area contributed by atoms with Gasteiger partial charge in [-0.1, -0.05) is 32.0 Å². The summed E-state index contributed by atoms with van der Waals surface area (Å²) < 4.78 is 0. The van der Waals surface area contributed by atoms with Crippen LogP contribution in [0.25, 0.3) is 0 Å². The van der Waals surface area contributed by atoms with Crippen LogP contribution in [0.15, 0.2) is 41.8 Å². The fraction of sp³-hybridized carbons (Fsp3) is 0.316. The summed E-state index contributed by atoms with van der Waals surface area (Å²) in [6.45, 7) is 3.47. The van der Waals surface area contributed by atoms with E-state index in [2.05, 4.69) is 16.0 Å². The van der Waals surface area contributed by atoms with Gasteiger partial charge in [0.15, 0.2) is 0 Å². The highest BCUT2D eigenvalue weighted by Gasteiger charge is 2.18. The lowest BCUT2D eigenvalue weighted by atomic mass is 10.1. The van der Waals surface area contributed by atoms with E-state index in [9.17, 15) is 14.4 Å². The van der Waals surface area contributed by atoms with Crippen LogP contribution in [0.2, 0.25) is 0 Å². The summed E-state index contributed by atoms with van der Waals surface area (Å²) in [5, 5.41) is 9.91. The van der Waals surface area contributed by atoms with Crippen molar-refractivity contribution in [1.82, 2.24) is 5.32 Å². The van der Waals surface area contributed by atoms with Crippen LogP contribution in [-0.2, 0) is 20.8 Å². The standard InChI is InChI=1S/C19H24N4O3S/c1-12(2)18(20)19(26)21-11-17(25)23-15-8-4-3-7-14(15)22-16(24)10-13-6-5-9-27-13/h3-9,12,18H,10-11,20H2,1-2H3,(H,21,26)(H,22,24)(H,23,25)/t18-/m0/s1. The van der Waals surface area contributed by atoms with Crippen LogP contribution in [0.1, 0.15) is 18.7 Å². The Labute approximate surface area is 162 Å². The molecule has 0 aliphatic heterocycles. The maximum absolute atomic E-state index is 12.2. The number of para-hydroxylation sites is 2. The Hall–Kier alpha value is -2.71. The van der Waals surface area contributed by atoms with Crippen LogP contribution in [0.5, 0.6) is 0 Å². The molecule has 0 fully saturated rings. The number of amides is 3. The highest BCUT2D eigenvalue weighted by Crippen LogP contribution is 2.21. The van der Waals surface area contributed by atoms with Crippen molar-refractivity contribution in [2.75, 3.05) is 17.2 Å². The van der Waals surface area contributed by atoms with Crippen LogP contribution < -0.4 is 21.7 Å². The quantitative estimate of drug-likeness (QED) is 0.554. The summed E-state index contributed by atoms with van der Waals surface area (Å²) >= 11 is 1.51. The average molecular weight is 388 g/mol. The Morgan fingerprint density at radius 3 is 2.19 bits per heavy atom. The molecule has 2 rings (SSSR count). The highest BCUT2D eigenvalue weighted by atomic mass is 32.1. The van der Waals surface area contributed by atoms with Gasteiger partial charge in [0.05, 0.1) is 30.4 Å². The fourth-order valence-electron chi connectivity index (χ4n) is 2.25. The molecule has 3 amide bonds. The number of thiophene rings is 1. The summed E-state index contributed by atoms with van der Waals surface area (Å²) in [6, 6.07) is 10.0. The third-order valence-corrected chi connectivity index (χ3v) is 4.71. The number of anilines is 2. The van der Waals surface area contributed by atoms with E-state index in [1.165, 1.54) is 11.3 Å². The van der Waals surface area contributed by atoms with Gasteiger partial charge in [-0.3, -0.25) is 14.4 Å². The molecule has 1 atom stereocenters. The molecule has 1 aromatic heterocycles. The van der Waals surface area contributed by atoms with E-state index in [0.29, 0.717) is 11.4 Å². The molecule has 5 N–H and O–H groups in total. The first-order chi connectivity index (χ1) is 12.9. The molecule has 27 heavy (non-hydrogen) atoms. The monoisotopic (exact) mass is 388 g/mol. The minimum atomic E-state index is -0.665. The zero-order valence-corrected chi connectivity index (χ0v) is 16.1. The number of nitrogens with two attached hydrogens (primary N) is 1. The smallest absolute Gasteiger partial charge is 0.243 e. The lowest BCUT2D eigenvalue weighted by Crippen LogP contribution is -2.46. The van der Waals surface area contributed by atoms with Crippen LogP contribution in [0.3, 0.4) is 0 Å². The van der Waals surface area contributed by atoms with E-state index >= 15 is 0 Å². The minimum absolute atomic E-state index is 0.0210. The van der Waals surface area contributed by atoms with Crippen LogP contribution in [0, 0.1) is 5.92 Å². The lowest BCUT2D eigenvalue weighted by Gasteiger charge is -2.16. The van der Waals surface area contributed by atoms with Crippen molar-refractivity contribution in [3.63, 3.8) is 0 Å². The summed E-state index contributed by atoms with van der Waals surface area (Å²) in [5.74, 6) is -0.973. The first-order valence-corrected chi connectivity index (χ1v) is 9.49. The largest absolute Gasteiger partial charge is 0.346 e. The Bertz CT molecular complexity index is 790. The van der Waals surface area contributed by atoms with Crippen molar-refractivity contribution in [2.45, 2.75) is 26.3 Å². The molecule has 0 saturated heterocycles. The third-order valence-electron chi connectivity index (χ3n) is 3.83. The molecule has 1 aromatic carbocycles. The number of hydrogen-bond donors (Lipinski definition) is 4. The van der Waals surface area contributed by atoms with Crippen molar-refractivity contribution >= 4 is 40.4 Å². The Kier molecular flexibility index (Phi) is 7.51. The van der Waals surface area contributed by atoms with Gasteiger partial charge in [0, 0.05) is 4.88 Å². The zero-order chi connectivity index (χ0) is 19.8. The van der Waals surface area contributed by atoms with Crippen molar-refractivity contribution in [3.05, 3.63) is 46.7 Å². The maximum Gasteiger partial charge on any atom is 0.243 e. The zero-order valence-electron chi connectivity index (χ0n) is 15.3. The Morgan fingerprint density at radius 2 is 1.63 bits per heavy atom. The number of carbonyl (C=O) groups excluding carboxylic acids is 3. The van der Waals surface area contributed by atoms with Gasteiger partial charge in [0.1, 0.15) is 0 Å². The molecule has 2 aromatic rings. The number of carbonyl (C=O) groups is 3. The second-order valence-electron chi connectivity index (χ2n) is 6.39. The molecule has 0 saturated carbocycles. The number of benzene rings is 1. The molecule has 0 spiro atoms. The molecule has 0 radical (unpaired) electrons. The summed E-state index contributed by atoms with van der Waals surface area (Å²) in [5.41, 5.74) is 6.70. The van der Waals surface area contributed by atoms with Gasteiger partial charge >= 0.3 is 0 Å². The highest BCUT2D eigenvalue weighted by molar-refractivity contribution is 7.10. The van der Waals surface area contributed by atoms with Crippen molar-refractivity contribution < 1.29 is 14.4 Å². The minimum Gasteiger partial charge on any atom is -0.346 e. The van der Waals surface area contributed by atoms with Gasteiger partial charge in [-0.25, -0.2) is 0 Å². The molecule has 144 valence electrons. The second-order valence-corrected chi connectivity index (χ2v) is 7.42. The number of hydrogen-bond acceptors (Lipinski definition) is 5. The van der Waals surface area contributed by atoms with E-state index in [0.717, 1.165) is 4.88 Å². The van der Waals surface area contributed by atoms with Gasteiger partial charge in [0.25, 0.3) is 0 Å². The molecule has 1 heterocycles. The molecule has 0 bridgehead atoms. The van der Waals surface area contributed by atoms with E-state index in [4.69, 9.17) is 5.73 Å². The molecular formula is C19H24N4O3S. The van der Waals surface area contributed by atoms with E-state index < -0.39 is 11.9 Å². The number of nitrogens with one attached hydrogen (secondary N) is 3. The summed E-state index contributed by atoms with van der Waals surface area (Å²) in [7, 11) is 0. The average Bonchev–Trinajstić information content (AvgIpc) is 3.13. The van der Waals surface area contributed by atoms with Gasteiger partial charge in [-0.15, -0.1) is 11.3 Å². The third kappa shape index (κ3) is 6.50. The van der Waals surface area contributed by atoms with Crippen molar-refractivity contribution in [1.29, 1.82) is 0 Å². The molecule has 0 aliphatic rings. The SMILES string of the molecule is CC(C)[C@H](N)C(=O)NCC(=O)Nc1ccccc1NC(=O)Cc1cccs1. The lowest BCUT2D eigenvalue weighted by molar-refractivity contribution is -0.125. The van der Waals surface area contributed by atoms with E-state index in [1.54, 1.807) is 24.3 Å². The Morgan fingerprint density at radius 1 is 1.00 bits per heavy atom. The van der Waals surface area contributed by atoms with Gasteiger partial charge in [-0.05, 0) is 29.5 Å². The molecule has 0 aliphatic carbocycles. The van der Waals surface area contributed by atoms with Gasteiger partial charge < -0.3 is 21.7 Å². The van der Waals surface area contributed by atoms with E-state index in [-0.39, 0.29) is 30.7 Å². The van der Waals surface area contributed by atoms with Crippen molar-refractivity contribution in [2.24, 2.45) is 11.7 Å². The molecule has 8 heteroatoms. The summed E-state index contributed by atoms with van der Waals surface area (Å²) in [4.78, 5) is 37.1. The predicted octanol–water partition coefficient (Wildman–Crippen LogP) is 1.97. The van der Waals surface area contributed by atoms with E-state index in [1.807, 2.05) is 31.4 Å². The van der Waals surface area contributed by atoms with Crippen molar-refractivity contribution in [3.8, 4) is 0 Å². The normalized spacial score (nSPS) is 11.7. The number of rotatable bonds is 8. The second kappa shape index (κ2) is 9.84. The predicted molar refractivity (Wildman–Crippen MR) is 108 cm³/mol. The molecule has 0 unspecified atom stereocenters. The molecular weight excluding hydrogens is 364 g/mol. The maximum atomic E-state index is 12.2. The first-order valence-electron chi connectivity index (χ1n) is 8.61. The Balaban J connectivity index is 1.91. The van der Waals surface area contributed by atoms with Gasteiger partial charge in [0.2, 0.25) is 17.7 Å². The topological polar surface area (TPSA) is 113 Å². The van der Waals surface area contributed by atoms with Crippen LogP contribution >= 0.6 is 11.3 Å². The van der Waals surface area contributed by atoms with Crippen LogP contribution in [-0.4, -0.2) is 30.3 Å². The fourth-order valence-corrected chi connectivity index (χ4v) is 2.95.